The summed E-state index contributed by atoms with van der Waals surface area (Å²) in [6.07, 6.45) is 2.17. The van der Waals surface area contributed by atoms with Crippen LogP contribution in [0.15, 0.2) is 24.3 Å². The summed E-state index contributed by atoms with van der Waals surface area (Å²) in [5.74, 6) is 0.294. The van der Waals surface area contributed by atoms with Gasteiger partial charge in [-0.05, 0) is 59.5 Å². The van der Waals surface area contributed by atoms with Gasteiger partial charge < -0.3 is 5.11 Å². The lowest BCUT2D eigenvalue weighted by Gasteiger charge is -2.30. The van der Waals surface area contributed by atoms with Crippen molar-refractivity contribution in [3.8, 4) is 0 Å². The first kappa shape index (κ1) is 13.0. The van der Waals surface area contributed by atoms with Crippen molar-refractivity contribution in [3.05, 3.63) is 33.4 Å². The lowest BCUT2D eigenvalue weighted by atomic mass is 9.82. The minimum Gasteiger partial charge on any atom is -0.385 e. The van der Waals surface area contributed by atoms with Gasteiger partial charge >= 0.3 is 0 Å². The summed E-state index contributed by atoms with van der Waals surface area (Å²) < 4.78 is 1.20. The van der Waals surface area contributed by atoms with E-state index in [4.69, 9.17) is 0 Å². The van der Waals surface area contributed by atoms with Gasteiger partial charge in [0.25, 0.3) is 0 Å². The Labute approximate surface area is 106 Å². The van der Waals surface area contributed by atoms with Crippen LogP contribution in [0.4, 0.5) is 0 Å². The molecule has 0 bridgehead atoms. The maximum absolute atomic E-state index is 10.5. The third-order valence-corrected chi connectivity index (χ3v) is 3.83. The monoisotopic (exact) mass is 318 g/mol. The average Bonchev–Trinajstić information content (AvgIpc) is 2.18. The lowest BCUT2D eigenvalue weighted by molar-refractivity contribution is -0.00220. The molecule has 1 N–H and O–H groups in total. The molecule has 0 saturated carbocycles. The molecule has 0 aromatic heterocycles. The molecule has 1 nitrogen and oxygen atoms in total. The highest BCUT2D eigenvalue weighted by molar-refractivity contribution is 14.1. The maximum atomic E-state index is 10.5. The van der Waals surface area contributed by atoms with Crippen LogP contribution in [0.1, 0.15) is 39.2 Å². The second kappa shape index (κ2) is 5.30. The van der Waals surface area contributed by atoms with Crippen molar-refractivity contribution in [1.29, 1.82) is 0 Å². The summed E-state index contributed by atoms with van der Waals surface area (Å²) in [6, 6.07) is 8.13. The molecule has 0 aliphatic rings. The van der Waals surface area contributed by atoms with Crippen molar-refractivity contribution in [1.82, 2.24) is 0 Å². The fraction of sp³-hybridized carbons (Fsp3) is 0.538. The molecule has 2 unspecified atom stereocenters. The van der Waals surface area contributed by atoms with Gasteiger partial charge in [-0.15, -0.1) is 0 Å². The normalized spacial score (nSPS) is 17.1. The summed E-state index contributed by atoms with van der Waals surface area (Å²) in [4.78, 5) is 0. The molecular formula is C13H19IO. The Morgan fingerprint density at radius 3 is 2.33 bits per heavy atom. The van der Waals surface area contributed by atoms with Crippen molar-refractivity contribution in [2.75, 3.05) is 0 Å². The highest BCUT2D eigenvalue weighted by atomic mass is 127. The predicted octanol–water partition coefficient (Wildman–Crippen LogP) is 3.93. The minimum absolute atomic E-state index is 0.294. The third-order valence-electron chi connectivity index (χ3n) is 3.11. The number of aliphatic hydroxyl groups is 1. The average molecular weight is 318 g/mol. The summed E-state index contributed by atoms with van der Waals surface area (Å²) in [5.41, 5.74) is 0.309. The van der Waals surface area contributed by atoms with Crippen LogP contribution >= 0.6 is 22.6 Å². The van der Waals surface area contributed by atoms with Crippen LogP contribution in [0.5, 0.6) is 0 Å². The Kier molecular flexibility index (Phi) is 4.59. The smallest absolute Gasteiger partial charge is 0.0893 e. The fourth-order valence-electron chi connectivity index (χ4n) is 1.79. The molecule has 84 valence electrons. The SMILES string of the molecule is CCCC(C)C(C)(O)c1ccc(I)cc1. The van der Waals surface area contributed by atoms with E-state index < -0.39 is 5.60 Å². The molecular weight excluding hydrogens is 299 g/mol. The van der Waals surface area contributed by atoms with Crippen LogP contribution in [0.2, 0.25) is 0 Å². The molecule has 0 heterocycles. The highest BCUT2D eigenvalue weighted by Crippen LogP contribution is 2.32. The summed E-state index contributed by atoms with van der Waals surface area (Å²) >= 11 is 2.28. The van der Waals surface area contributed by atoms with Gasteiger partial charge in [0.15, 0.2) is 0 Å². The molecule has 0 saturated heterocycles. The van der Waals surface area contributed by atoms with E-state index in [2.05, 4.69) is 36.4 Å². The second-order valence-electron chi connectivity index (χ2n) is 4.34. The van der Waals surface area contributed by atoms with E-state index in [-0.39, 0.29) is 0 Å². The molecule has 0 aliphatic heterocycles. The highest BCUT2D eigenvalue weighted by Gasteiger charge is 2.29. The van der Waals surface area contributed by atoms with E-state index >= 15 is 0 Å². The van der Waals surface area contributed by atoms with Crippen LogP contribution in [0.3, 0.4) is 0 Å². The molecule has 1 rings (SSSR count). The van der Waals surface area contributed by atoms with E-state index in [1.165, 1.54) is 3.57 Å². The minimum atomic E-state index is -0.708. The van der Waals surface area contributed by atoms with Gasteiger partial charge in [0.05, 0.1) is 5.60 Å². The molecule has 0 amide bonds. The molecule has 2 atom stereocenters. The Morgan fingerprint density at radius 1 is 1.33 bits per heavy atom. The van der Waals surface area contributed by atoms with Crippen molar-refractivity contribution < 1.29 is 5.11 Å². The molecule has 0 spiro atoms. The topological polar surface area (TPSA) is 20.2 Å². The zero-order valence-corrected chi connectivity index (χ0v) is 11.8. The zero-order valence-electron chi connectivity index (χ0n) is 9.63. The number of hydrogen-bond donors (Lipinski definition) is 1. The van der Waals surface area contributed by atoms with Crippen molar-refractivity contribution >= 4 is 22.6 Å². The van der Waals surface area contributed by atoms with Gasteiger partial charge in [-0.25, -0.2) is 0 Å². The first-order chi connectivity index (χ1) is 6.98. The predicted molar refractivity (Wildman–Crippen MR) is 72.8 cm³/mol. The standard InChI is InChI=1S/C13H19IO/c1-4-5-10(2)13(3,15)11-6-8-12(14)9-7-11/h6-10,15H,4-5H2,1-3H3. The van der Waals surface area contributed by atoms with E-state index in [1.807, 2.05) is 31.2 Å². The van der Waals surface area contributed by atoms with Crippen LogP contribution in [-0.4, -0.2) is 5.11 Å². The zero-order chi connectivity index (χ0) is 11.5. The first-order valence-electron chi connectivity index (χ1n) is 5.47. The van der Waals surface area contributed by atoms with Crippen LogP contribution < -0.4 is 0 Å². The lowest BCUT2D eigenvalue weighted by Crippen LogP contribution is -2.29. The quantitative estimate of drug-likeness (QED) is 0.834. The molecule has 2 heteroatoms. The van der Waals surface area contributed by atoms with Crippen molar-refractivity contribution in [2.24, 2.45) is 5.92 Å². The number of benzene rings is 1. The second-order valence-corrected chi connectivity index (χ2v) is 5.59. The van der Waals surface area contributed by atoms with Gasteiger partial charge in [-0.3, -0.25) is 0 Å². The maximum Gasteiger partial charge on any atom is 0.0893 e. The third kappa shape index (κ3) is 3.18. The van der Waals surface area contributed by atoms with Crippen molar-refractivity contribution in [2.45, 2.75) is 39.2 Å². The molecule has 0 fully saturated rings. The van der Waals surface area contributed by atoms with Gasteiger partial charge in [-0.1, -0.05) is 32.4 Å². The largest absolute Gasteiger partial charge is 0.385 e. The fourth-order valence-corrected chi connectivity index (χ4v) is 2.15. The van der Waals surface area contributed by atoms with E-state index in [1.54, 1.807) is 0 Å². The Balaban J connectivity index is 2.89. The Hall–Kier alpha value is -0.0900. The Bertz CT molecular complexity index is 303. The van der Waals surface area contributed by atoms with E-state index in [0.717, 1.165) is 18.4 Å². The van der Waals surface area contributed by atoms with Crippen LogP contribution in [0, 0.1) is 9.49 Å². The number of rotatable bonds is 4. The van der Waals surface area contributed by atoms with Gasteiger partial charge in [0.2, 0.25) is 0 Å². The first-order valence-corrected chi connectivity index (χ1v) is 6.54. The van der Waals surface area contributed by atoms with Crippen molar-refractivity contribution in [3.63, 3.8) is 0 Å². The molecule has 1 aromatic carbocycles. The van der Waals surface area contributed by atoms with E-state index in [0.29, 0.717) is 5.92 Å². The molecule has 1 aromatic rings. The summed E-state index contributed by atoms with van der Waals surface area (Å²) in [7, 11) is 0. The van der Waals surface area contributed by atoms with Crippen LogP contribution in [-0.2, 0) is 5.60 Å². The Morgan fingerprint density at radius 2 is 1.87 bits per heavy atom. The molecule has 0 aliphatic carbocycles. The van der Waals surface area contributed by atoms with Gasteiger partial charge in [0, 0.05) is 3.57 Å². The van der Waals surface area contributed by atoms with E-state index in [9.17, 15) is 5.11 Å². The van der Waals surface area contributed by atoms with Crippen LogP contribution in [0.25, 0.3) is 0 Å². The molecule has 15 heavy (non-hydrogen) atoms. The molecule has 0 radical (unpaired) electrons. The summed E-state index contributed by atoms with van der Waals surface area (Å²) in [5, 5.41) is 10.5. The number of hydrogen-bond acceptors (Lipinski definition) is 1. The summed E-state index contributed by atoms with van der Waals surface area (Å²) in [6.45, 7) is 6.18. The van der Waals surface area contributed by atoms with Gasteiger partial charge in [-0.2, -0.15) is 0 Å². The van der Waals surface area contributed by atoms with Gasteiger partial charge in [0.1, 0.15) is 0 Å². The number of halogens is 1.